The summed E-state index contributed by atoms with van der Waals surface area (Å²) in [5, 5.41) is 8.84. The summed E-state index contributed by atoms with van der Waals surface area (Å²) in [4.78, 5) is 37.0. The van der Waals surface area contributed by atoms with Gasteiger partial charge in [-0.25, -0.2) is 8.78 Å². The molecular weight excluding hydrogens is 1020 g/mol. The highest BCUT2D eigenvalue weighted by molar-refractivity contribution is 6.34. The predicted molar refractivity (Wildman–Crippen MR) is 310 cm³/mol. The number of ether oxygens (including phenoxy) is 3. The Labute approximate surface area is 463 Å². The molecule has 9 nitrogen and oxygen atoms in total. The summed E-state index contributed by atoms with van der Waals surface area (Å²) in [5.74, 6) is 0.0515. The number of hydrogen-bond acceptors (Lipinski definition) is 6. The van der Waals surface area contributed by atoms with Gasteiger partial charge in [0.1, 0.15) is 34.4 Å². The maximum Gasteiger partial charge on any atom is 0.261 e. The fourth-order valence-corrected chi connectivity index (χ4v) is 10.1. The Morgan fingerprint density at radius 3 is 1.15 bits per heavy atom. The van der Waals surface area contributed by atoms with E-state index in [9.17, 15) is 23.2 Å². The third kappa shape index (κ3) is 12.2. The minimum Gasteiger partial charge on any atom is -0.493 e. The zero-order valence-corrected chi connectivity index (χ0v) is 44.8. The molecule has 79 heavy (non-hydrogen) atoms. The number of rotatable bonds is 9. The van der Waals surface area contributed by atoms with Crippen LogP contribution in [0.15, 0.2) is 176 Å². The molecule has 0 aromatic heterocycles. The van der Waals surface area contributed by atoms with Crippen molar-refractivity contribution in [3.05, 3.63) is 248 Å². The van der Waals surface area contributed by atoms with Crippen LogP contribution in [0.25, 0.3) is 33.4 Å². The van der Waals surface area contributed by atoms with E-state index in [2.05, 4.69) is 72.3 Å². The fourth-order valence-electron chi connectivity index (χ4n) is 9.89. The molecule has 12 rings (SSSR count). The number of aryl methyl sites for hydroxylation is 4. The first-order valence-corrected chi connectivity index (χ1v) is 26.4. The number of fused-ring (bicyclic) bond motifs is 3. The van der Waals surface area contributed by atoms with Crippen LogP contribution in [0.5, 0.6) is 17.2 Å². The van der Waals surface area contributed by atoms with Crippen LogP contribution in [0.3, 0.4) is 0 Å². The minimum absolute atomic E-state index is 0.0817. The van der Waals surface area contributed by atoms with Gasteiger partial charge in [-0.3, -0.25) is 14.4 Å². The molecule has 9 aromatic carbocycles. The summed E-state index contributed by atoms with van der Waals surface area (Å²) in [6.45, 7) is 10.4. The van der Waals surface area contributed by atoms with Gasteiger partial charge in [-0.15, -0.1) is 0 Å². The summed E-state index contributed by atoms with van der Waals surface area (Å²) in [5.41, 5.74) is 17.5. The van der Waals surface area contributed by atoms with E-state index >= 15 is 0 Å². The van der Waals surface area contributed by atoms with Gasteiger partial charge in [-0.2, -0.15) is 0 Å². The molecule has 0 atom stereocenters. The lowest BCUT2D eigenvalue weighted by atomic mass is 9.97. The Balaban J connectivity index is 0.000000134. The molecule has 0 fully saturated rings. The molecule has 0 saturated heterocycles. The van der Waals surface area contributed by atoms with Gasteiger partial charge in [-0.05, 0) is 203 Å². The highest BCUT2D eigenvalue weighted by Gasteiger charge is 2.21. The first-order valence-electron chi connectivity index (χ1n) is 26.0. The molecular formula is C67H56ClF2N3O6. The number of nitrogens with one attached hydrogen (secondary N) is 3. The van der Waals surface area contributed by atoms with Gasteiger partial charge in [0.15, 0.2) is 0 Å². The third-order valence-corrected chi connectivity index (χ3v) is 14.5. The van der Waals surface area contributed by atoms with Crippen molar-refractivity contribution in [3.63, 3.8) is 0 Å². The first kappa shape index (κ1) is 53.3. The Morgan fingerprint density at radius 1 is 0.405 bits per heavy atom. The molecule has 3 N–H and O–H groups in total. The van der Waals surface area contributed by atoms with Gasteiger partial charge >= 0.3 is 0 Å². The second kappa shape index (κ2) is 23.7. The van der Waals surface area contributed by atoms with E-state index in [-0.39, 0.29) is 11.8 Å². The standard InChI is InChI=1S/C23H21NO2.C22H18ClNO2.C22H17F2NO2/c1-15-5-3-4-6-20(15)23(25)24-19-9-7-17(8-10-19)21-14-18-11-12-26-22(18)13-16(21)2;1-14-12-21-16(10-11-26-21)13-19(14)15-6-8-17(9-7-15)24-22(25)18-4-2-3-5-20(18)23;1-13-11-20-15(9-10-27-20)12-17(13)14-5-7-16(8-6-14)25-22(26)21-18(23)3-2-4-19(21)24/h3-10,13-14H,11-12H2,1-2H3,(H,24,25);2-9,12-13H,10-11H2,1H3,(H,24,25);2-8,11-12H,9-10H2,1H3,(H,25,26). The second-order valence-corrected chi connectivity index (χ2v) is 20.0. The fraction of sp³-hybridized carbons (Fsp3) is 0.149. The number of halogens is 3. The Bertz CT molecular complexity index is 3590. The lowest BCUT2D eigenvalue weighted by molar-refractivity contribution is 0.101. The van der Waals surface area contributed by atoms with Gasteiger partial charge in [0.2, 0.25) is 0 Å². The van der Waals surface area contributed by atoms with Crippen LogP contribution < -0.4 is 30.2 Å². The van der Waals surface area contributed by atoms with E-state index in [1.165, 1.54) is 45.0 Å². The van der Waals surface area contributed by atoms with Crippen molar-refractivity contribution in [1.82, 2.24) is 0 Å². The molecule has 3 amide bonds. The highest BCUT2D eigenvalue weighted by atomic mass is 35.5. The predicted octanol–water partition coefficient (Wildman–Crippen LogP) is 15.8. The molecule has 0 spiro atoms. The molecule has 3 aliphatic heterocycles. The van der Waals surface area contributed by atoms with Crippen LogP contribution in [0.1, 0.15) is 70.0 Å². The van der Waals surface area contributed by atoms with Crippen molar-refractivity contribution in [3.8, 4) is 50.6 Å². The number of amides is 3. The van der Waals surface area contributed by atoms with Crippen molar-refractivity contribution >= 4 is 46.4 Å². The number of hydrogen-bond donors (Lipinski definition) is 3. The third-order valence-electron chi connectivity index (χ3n) is 14.2. The average Bonchev–Trinajstić information content (AvgIpc) is 4.24. The SMILES string of the molecule is Cc1cc2c(cc1-c1ccc(NC(=O)c3c(F)cccc3F)cc1)CCO2.Cc1cc2c(cc1-c1ccc(NC(=O)c3ccccc3Cl)cc1)CCO2.Cc1ccccc1C(=O)Nc1ccc(-c2cc3c(cc2C)OCC3)cc1. The van der Waals surface area contributed by atoms with E-state index < -0.39 is 23.1 Å². The van der Waals surface area contributed by atoms with Gasteiger partial charge in [0, 0.05) is 41.9 Å². The van der Waals surface area contributed by atoms with Crippen LogP contribution in [0, 0.1) is 39.3 Å². The van der Waals surface area contributed by atoms with E-state index in [0.717, 1.165) is 107 Å². The average molecular weight is 1070 g/mol. The Morgan fingerprint density at radius 2 is 0.759 bits per heavy atom. The molecule has 396 valence electrons. The second-order valence-electron chi connectivity index (χ2n) is 19.6. The summed E-state index contributed by atoms with van der Waals surface area (Å²) in [6.07, 6.45) is 2.81. The van der Waals surface area contributed by atoms with Crippen molar-refractivity contribution in [2.24, 2.45) is 0 Å². The Kier molecular flexibility index (Phi) is 16.0. The number of anilines is 3. The van der Waals surface area contributed by atoms with Crippen LogP contribution in [0.2, 0.25) is 5.02 Å². The molecule has 0 bridgehead atoms. The lowest BCUT2D eigenvalue weighted by Crippen LogP contribution is -2.15. The maximum atomic E-state index is 13.7. The zero-order valence-electron chi connectivity index (χ0n) is 44.1. The largest absolute Gasteiger partial charge is 0.493 e. The molecule has 0 saturated carbocycles. The summed E-state index contributed by atoms with van der Waals surface area (Å²) in [7, 11) is 0. The Hall–Kier alpha value is -9.06. The molecule has 0 radical (unpaired) electrons. The van der Waals surface area contributed by atoms with E-state index in [4.69, 9.17) is 25.8 Å². The number of carbonyl (C=O) groups excluding carboxylic acids is 3. The first-order chi connectivity index (χ1) is 38.3. The smallest absolute Gasteiger partial charge is 0.261 e. The van der Waals surface area contributed by atoms with Crippen LogP contribution in [-0.2, 0) is 19.3 Å². The monoisotopic (exact) mass is 1070 g/mol. The van der Waals surface area contributed by atoms with E-state index in [1.54, 1.807) is 36.4 Å². The molecule has 3 heterocycles. The topological polar surface area (TPSA) is 115 Å². The van der Waals surface area contributed by atoms with Gasteiger partial charge in [0.25, 0.3) is 17.7 Å². The highest BCUT2D eigenvalue weighted by Crippen LogP contribution is 2.37. The van der Waals surface area contributed by atoms with Crippen molar-refractivity contribution in [2.45, 2.75) is 47.0 Å². The van der Waals surface area contributed by atoms with Crippen LogP contribution >= 0.6 is 11.6 Å². The van der Waals surface area contributed by atoms with E-state index in [0.29, 0.717) is 28.4 Å². The zero-order chi connectivity index (χ0) is 55.2. The van der Waals surface area contributed by atoms with Crippen molar-refractivity contribution in [1.29, 1.82) is 0 Å². The molecule has 3 aliphatic rings. The van der Waals surface area contributed by atoms with Crippen molar-refractivity contribution < 1.29 is 37.4 Å². The van der Waals surface area contributed by atoms with Gasteiger partial charge < -0.3 is 30.2 Å². The van der Waals surface area contributed by atoms with Crippen molar-refractivity contribution in [2.75, 3.05) is 35.8 Å². The summed E-state index contributed by atoms with van der Waals surface area (Å²) < 4.78 is 44.3. The molecule has 0 aliphatic carbocycles. The molecule has 0 unspecified atom stereocenters. The number of benzene rings is 9. The quantitative estimate of drug-likeness (QED) is 0.133. The molecule has 9 aromatic rings. The lowest BCUT2D eigenvalue weighted by Gasteiger charge is -2.11. The summed E-state index contributed by atoms with van der Waals surface area (Å²) in [6, 6.07) is 53.8. The van der Waals surface area contributed by atoms with Crippen LogP contribution in [0.4, 0.5) is 25.8 Å². The number of carbonyl (C=O) groups is 3. The minimum atomic E-state index is -0.889. The van der Waals surface area contributed by atoms with Gasteiger partial charge in [-0.1, -0.05) is 84.4 Å². The normalized spacial score (nSPS) is 12.4. The van der Waals surface area contributed by atoms with Crippen LogP contribution in [-0.4, -0.2) is 37.5 Å². The van der Waals surface area contributed by atoms with Gasteiger partial charge in [0.05, 0.1) is 30.4 Å². The maximum absolute atomic E-state index is 13.7. The summed E-state index contributed by atoms with van der Waals surface area (Å²) >= 11 is 6.08. The molecule has 12 heteroatoms. The van der Waals surface area contributed by atoms with E-state index in [1.807, 2.05) is 92.7 Å².